The number of methoxy groups -OCH3 is 1. The Labute approximate surface area is 220 Å². The van der Waals surface area contributed by atoms with Crippen LogP contribution < -0.4 is 0 Å². The van der Waals surface area contributed by atoms with Crippen LogP contribution in [-0.2, 0) is 9.53 Å². The minimum absolute atomic E-state index is 0.0164. The molecule has 0 N–H and O–H groups in total. The molecule has 4 heteroatoms. The maximum absolute atomic E-state index is 13.1. The van der Waals surface area contributed by atoms with Gasteiger partial charge in [0.2, 0.25) is 0 Å². The number of aryl methyl sites for hydroxylation is 1. The van der Waals surface area contributed by atoms with E-state index >= 15 is 0 Å². The van der Waals surface area contributed by atoms with Gasteiger partial charge in [-0.3, -0.25) is 0 Å². The number of benzene rings is 1. The Bertz CT molecular complexity index is 783. The minimum atomic E-state index is -2.27. The fraction of sp³-hybridized carbons (Fsp3) is 0.710. The Morgan fingerprint density at radius 3 is 2.14 bits per heavy atom. The van der Waals surface area contributed by atoms with Crippen molar-refractivity contribution < 1.29 is 9.53 Å². The number of rotatable bonds is 14. The van der Waals surface area contributed by atoms with Crippen LogP contribution in [0.25, 0.3) is 0 Å². The molecule has 0 radical (unpaired) electrons. The Hall–Kier alpha value is -0.811. The maximum atomic E-state index is 13.1. The summed E-state index contributed by atoms with van der Waals surface area (Å²) in [5, 5.41) is 0. The van der Waals surface area contributed by atoms with Crippen LogP contribution in [0.15, 0.2) is 34.4 Å². The van der Waals surface area contributed by atoms with Gasteiger partial charge in [-0.2, -0.15) is 0 Å². The van der Waals surface area contributed by atoms with E-state index in [1.165, 1.54) is 69.4 Å². The van der Waals surface area contributed by atoms with Gasteiger partial charge in [0.25, 0.3) is 0 Å². The number of carbonyl (C=O) groups is 1. The van der Waals surface area contributed by atoms with E-state index in [2.05, 4.69) is 67.0 Å². The molecule has 0 amide bonds. The molecule has 1 aromatic carbocycles. The van der Waals surface area contributed by atoms with Crippen molar-refractivity contribution in [1.82, 2.24) is 4.90 Å². The van der Waals surface area contributed by atoms with Crippen LogP contribution in [-0.4, -0.2) is 55.0 Å². The average Bonchev–Trinajstić information content (AvgIpc) is 3.15. The van der Waals surface area contributed by atoms with Crippen LogP contribution in [0.2, 0.25) is 13.3 Å². The van der Waals surface area contributed by atoms with Gasteiger partial charge in [-0.05, 0) is 0 Å². The molecule has 35 heavy (non-hydrogen) atoms. The van der Waals surface area contributed by atoms with Gasteiger partial charge in [-0.1, -0.05) is 0 Å². The van der Waals surface area contributed by atoms with Crippen molar-refractivity contribution in [2.45, 2.75) is 117 Å². The first-order valence-corrected chi connectivity index (χ1v) is 22.3. The van der Waals surface area contributed by atoms with E-state index in [1.54, 1.807) is 7.11 Å². The number of esters is 1. The number of piperidine rings is 1. The molecule has 0 aliphatic carbocycles. The molecule has 2 fully saturated rings. The van der Waals surface area contributed by atoms with E-state index in [0.717, 1.165) is 19.4 Å². The van der Waals surface area contributed by atoms with E-state index in [9.17, 15) is 4.79 Å². The molecule has 196 valence electrons. The molecule has 0 spiro atoms. The van der Waals surface area contributed by atoms with Crippen molar-refractivity contribution >= 4 is 24.3 Å². The molecular weight excluding hydrogens is 537 g/mol. The van der Waals surface area contributed by atoms with Crippen molar-refractivity contribution in [3.8, 4) is 0 Å². The predicted octanol–water partition coefficient (Wildman–Crippen LogP) is 8.05. The molecule has 2 aliphatic rings. The van der Waals surface area contributed by atoms with Crippen LogP contribution >= 0.6 is 0 Å². The van der Waals surface area contributed by atoms with Gasteiger partial charge in [0.1, 0.15) is 0 Å². The Balaban J connectivity index is 1.79. The summed E-state index contributed by atoms with van der Waals surface area (Å²) in [7, 11) is 1.57. The van der Waals surface area contributed by atoms with Crippen LogP contribution in [0.4, 0.5) is 0 Å². The Kier molecular flexibility index (Phi) is 11.7. The second-order valence-electron chi connectivity index (χ2n) is 11.4. The third kappa shape index (κ3) is 7.37. The molecular formula is C31H51NO2Sn. The average molecular weight is 588 g/mol. The number of ether oxygens (including phenoxy) is 1. The van der Waals surface area contributed by atoms with Crippen LogP contribution in [0.5, 0.6) is 0 Å². The van der Waals surface area contributed by atoms with E-state index in [-0.39, 0.29) is 17.8 Å². The number of carbonyl (C=O) groups excluding carboxylic acids is 1. The second-order valence-corrected chi connectivity index (χ2v) is 24.4. The zero-order valence-electron chi connectivity index (χ0n) is 23.2. The first-order chi connectivity index (χ1) is 17.0. The summed E-state index contributed by atoms with van der Waals surface area (Å²) in [6, 6.07) is 9.75. The number of hydrogen-bond acceptors (Lipinski definition) is 3. The van der Waals surface area contributed by atoms with E-state index in [4.69, 9.17) is 4.74 Å². The molecule has 2 saturated heterocycles. The zero-order chi connectivity index (χ0) is 25.3. The van der Waals surface area contributed by atoms with Gasteiger partial charge in [0.15, 0.2) is 0 Å². The molecule has 2 unspecified atom stereocenters. The van der Waals surface area contributed by atoms with Gasteiger partial charge in [0.05, 0.1) is 0 Å². The number of fused-ring (bicyclic) bond motifs is 2. The van der Waals surface area contributed by atoms with Gasteiger partial charge in [0, 0.05) is 0 Å². The summed E-state index contributed by atoms with van der Waals surface area (Å²) in [6.45, 7) is 10.2. The summed E-state index contributed by atoms with van der Waals surface area (Å²) in [5.41, 5.74) is 2.59. The molecule has 2 heterocycles. The molecule has 3 nitrogen and oxygen atoms in total. The van der Waals surface area contributed by atoms with Gasteiger partial charge >= 0.3 is 221 Å². The van der Waals surface area contributed by atoms with Crippen LogP contribution in [0, 0.1) is 12.8 Å². The first-order valence-electron chi connectivity index (χ1n) is 14.6. The SMILES string of the molecule is CCC[CH2][Sn](/[CH]=C/CN1C2CCC1[C@@H](C(=O)OC)[C@@H](c1ccc(C)cc1)C2)([CH2]CCC)[CH2]CCC. The predicted molar refractivity (Wildman–Crippen MR) is 152 cm³/mol. The molecule has 4 atom stereocenters. The zero-order valence-corrected chi connectivity index (χ0v) is 26.1. The molecule has 1 aromatic rings. The topological polar surface area (TPSA) is 29.5 Å². The van der Waals surface area contributed by atoms with Crippen molar-refractivity contribution in [2.75, 3.05) is 13.7 Å². The summed E-state index contributed by atoms with van der Waals surface area (Å²) in [6.07, 6.45) is 14.2. The molecule has 3 rings (SSSR count). The van der Waals surface area contributed by atoms with Gasteiger partial charge < -0.3 is 0 Å². The summed E-state index contributed by atoms with van der Waals surface area (Å²) < 4.78 is 12.8. The van der Waals surface area contributed by atoms with Crippen molar-refractivity contribution in [3.63, 3.8) is 0 Å². The van der Waals surface area contributed by atoms with Gasteiger partial charge in [-0.15, -0.1) is 0 Å². The van der Waals surface area contributed by atoms with E-state index in [1.807, 2.05) is 0 Å². The third-order valence-electron chi connectivity index (χ3n) is 8.92. The molecule has 0 aromatic heterocycles. The Morgan fingerprint density at radius 1 is 1.00 bits per heavy atom. The molecule has 2 aliphatic heterocycles. The number of unbranched alkanes of at least 4 members (excludes halogenated alkanes) is 3. The number of hydrogen-bond donors (Lipinski definition) is 0. The fourth-order valence-electron chi connectivity index (χ4n) is 6.85. The summed E-state index contributed by atoms with van der Waals surface area (Å²) >= 11 is -2.27. The first kappa shape index (κ1) is 28.8. The van der Waals surface area contributed by atoms with Crippen LogP contribution in [0.1, 0.15) is 95.6 Å². The van der Waals surface area contributed by atoms with E-state index in [0.29, 0.717) is 12.1 Å². The Morgan fingerprint density at radius 2 is 1.60 bits per heavy atom. The standard InChI is InChI=1S/C19H24NO2.3C4H9.Sn/c1-4-11-20-15-9-10-17(20)18(19(21)22-3)16(12-15)14-7-5-13(2)6-8-14;3*1-3-4-2;/h1,4-8,15-18H,9-12H2,2-3H3;3*1,3-4H2,2H3;/t15?,16-,17?,18+;;;;/m1..../s1. The quantitative estimate of drug-likeness (QED) is 0.163. The normalized spacial score (nSPS) is 24.8. The van der Waals surface area contributed by atoms with Crippen molar-refractivity contribution in [2.24, 2.45) is 5.92 Å². The van der Waals surface area contributed by atoms with Gasteiger partial charge in [-0.25, -0.2) is 0 Å². The third-order valence-corrected chi connectivity index (χ3v) is 23.2. The van der Waals surface area contributed by atoms with Crippen LogP contribution in [0.3, 0.4) is 0 Å². The van der Waals surface area contributed by atoms with Crippen molar-refractivity contribution in [1.29, 1.82) is 0 Å². The summed E-state index contributed by atoms with van der Waals surface area (Å²) in [5.74, 6) is 0.207. The fourth-order valence-corrected chi connectivity index (χ4v) is 21.2. The second kappa shape index (κ2) is 14.2. The molecule has 0 saturated carbocycles. The van der Waals surface area contributed by atoms with E-state index < -0.39 is 18.4 Å². The number of nitrogens with zero attached hydrogens (tertiary/aromatic N) is 1. The monoisotopic (exact) mass is 589 g/mol. The molecule has 2 bridgehead atoms. The van der Waals surface area contributed by atoms with Crippen molar-refractivity contribution in [3.05, 3.63) is 45.6 Å². The summed E-state index contributed by atoms with van der Waals surface area (Å²) in [4.78, 5) is 15.8.